The molecule has 2 rings (SSSR count). The van der Waals surface area contributed by atoms with E-state index < -0.39 is 15.9 Å². The van der Waals surface area contributed by atoms with Crippen molar-refractivity contribution in [3.8, 4) is 11.5 Å². The molecule has 0 bridgehead atoms. The third kappa shape index (κ3) is 4.45. The Balaban J connectivity index is 0.00000162. The van der Waals surface area contributed by atoms with Crippen molar-refractivity contribution < 1.29 is 47.1 Å². The maximum absolute atomic E-state index is 10.5. The van der Waals surface area contributed by atoms with Gasteiger partial charge >= 0.3 is 29.6 Å². The van der Waals surface area contributed by atoms with E-state index in [9.17, 15) is 13.0 Å². The first-order valence-corrected chi connectivity index (χ1v) is 6.83. The van der Waals surface area contributed by atoms with Crippen LogP contribution in [0.25, 0.3) is 11.5 Å². The van der Waals surface area contributed by atoms with Gasteiger partial charge in [0.25, 0.3) is 5.89 Å². The normalized spacial score (nSPS) is 11.0. The molecule has 90 valence electrons. The Morgan fingerprint density at radius 2 is 1.89 bits per heavy atom. The Hall–Kier alpha value is -0.250. The molecule has 0 saturated heterocycles. The zero-order valence-electron chi connectivity index (χ0n) is 9.33. The van der Waals surface area contributed by atoms with Gasteiger partial charge in [-0.3, -0.25) is 0 Å². The Labute approximate surface area is 134 Å². The van der Waals surface area contributed by atoms with Crippen LogP contribution in [0.5, 0.6) is 0 Å². The standard InChI is InChI=1S/C9H7BrN2O4S.Na/c10-7-3-1-6(2-4-7)9-11-8(12-16-9)5-17(13,14)15;/h1-4H,5H2,(H,13,14,15);/q;+1/p-1. The van der Waals surface area contributed by atoms with E-state index in [0.717, 1.165) is 4.47 Å². The minimum atomic E-state index is -4.40. The van der Waals surface area contributed by atoms with Gasteiger partial charge < -0.3 is 9.08 Å². The minimum absolute atomic E-state index is 0. The fourth-order valence-electron chi connectivity index (χ4n) is 1.18. The fourth-order valence-corrected chi connectivity index (χ4v) is 1.88. The number of aromatic nitrogens is 2. The van der Waals surface area contributed by atoms with Gasteiger partial charge in [-0.2, -0.15) is 4.98 Å². The molecule has 0 saturated carbocycles. The van der Waals surface area contributed by atoms with Crippen molar-refractivity contribution >= 4 is 26.0 Å². The van der Waals surface area contributed by atoms with Crippen LogP contribution < -0.4 is 29.6 Å². The zero-order chi connectivity index (χ0) is 12.5. The van der Waals surface area contributed by atoms with Gasteiger partial charge in [0.2, 0.25) is 0 Å². The average Bonchev–Trinajstić information content (AvgIpc) is 2.64. The summed E-state index contributed by atoms with van der Waals surface area (Å²) in [6, 6.07) is 7.02. The molecule has 1 heterocycles. The number of hydrogen-bond acceptors (Lipinski definition) is 6. The van der Waals surface area contributed by atoms with Crippen molar-refractivity contribution in [2.45, 2.75) is 5.75 Å². The zero-order valence-corrected chi connectivity index (χ0v) is 13.7. The SMILES string of the molecule is O=S(=O)([O-])Cc1noc(-c2ccc(Br)cc2)n1.[Na+]. The number of nitrogens with zero attached hydrogens (tertiary/aromatic N) is 2. The third-order valence-electron chi connectivity index (χ3n) is 1.87. The van der Waals surface area contributed by atoms with Gasteiger partial charge in [-0.05, 0) is 24.3 Å². The Morgan fingerprint density at radius 3 is 2.44 bits per heavy atom. The number of halogens is 1. The first-order chi connectivity index (χ1) is 7.94. The van der Waals surface area contributed by atoms with E-state index in [0.29, 0.717) is 5.56 Å². The monoisotopic (exact) mass is 340 g/mol. The van der Waals surface area contributed by atoms with Crippen LogP contribution in [0.1, 0.15) is 5.82 Å². The third-order valence-corrected chi connectivity index (χ3v) is 3.01. The molecule has 0 amide bonds. The summed E-state index contributed by atoms with van der Waals surface area (Å²) in [6.45, 7) is 0. The molecule has 18 heavy (non-hydrogen) atoms. The van der Waals surface area contributed by atoms with Crippen LogP contribution in [0.2, 0.25) is 0 Å². The molecule has 6 nitrogen and oxygen atoms in total. The summed E-state index contributed by atoms with van der Waals surface area (Å²) in [5, 5.41) is 3.42. The van der Waals surface area contributed by atoms with Crippen LogP contribution in [0.15, 0.2) is 33.3 Å². The Bertz CT molecular complexity index is 626. The van der Waals surface area contributed by atoms with E-state index in [1.165, 1.54) is 0 Å². The fraction of sp³-hybridized carbons (Fsp3) is 0.111. The number of benzene rings is 1. The maximum Gasteiger partial charge on any atom is 1.00 e. The summed E-state index contributed by atoms with van der Waals surface area (Å²) in [6.07, 6.45) is 0. The largest absolute Gasteiger partial charge is 1.00 e. The molecule has 0 atom stereocenters. The van der Waals surface area contributed by atoms with E-state index >= 15 is 0 Å². The summed E-state index contributed by atoms with van der Waals surface area (Å²) >= 11 is 3.28. The van der Waals surface area contributed by atoms with Crippen LogP contribution in [0, 0.1) is 0 Å². The summed E-state index contributed by atoms with van der Waals surface area (Å²) in [5.41, 5.74) is 0.648. The minimum Gasteiger partial charge on any atom is -0.748 e. The van der Waals surface area contributed by atoms with Crippen molar-refractivity contribution in [2.24, 2.45) is 0 Å². The molecular weight excluding hydrogens is 335 g/mol. The molecule has 0 aliphatic heterocycles. The summed E-state index contributed by atoms with van der Waals surface area (Å²) in [4.78, 5) is 3.82. The summed E-state index contributed by atoms with van der Waals surface area (Å²) in [5.74, 6) is -0.735. The second-order valence-corrected chi connectivity index (χ2v) is 5.54. The van der Waals surface area contributed by atoms with Crippen molar-refractivity contribution in [1.29, 1.82) is 0 Å². The quantitative estimate of drug-likeness (QED) is 0.501. The van der Waals surface area contributed by atoms with Crippen LogP contribution in [0.3, 0.4) is 0 Å². The second-order valence-electron chi connectivity index (χ2n) is 3.22. The van der Waals surface area contributed by atoms with Gasteiger partial charge in [0.05, 0.1) is 0 Å². The van der Waals surface area contributed by atoms with E-state index in [1.807, 2.05) is 0 Å². The van der Waals surface area contributed by atoms with Crippen molar-refractivity contribution in [2.75, 3.05) is 0 Å². The molecule has 0 radical (unpaired) electrons. The van der Waals surface area contributed by atoms with E-state index in [-0.39, 0.29) is 41.3 Å². The van der Waals surface area contributed by atoms with Crippen molar-refractivity contribution in [3.05, 3.63) is 34.6 Å². The Morgan fingerprint density at radius 1 is 1.28 bits per heavy atom. The average molecular weight is 341 g/mol. The first kappa shape index (κ1) is 15.8. The molecule has 0 aliphatic rings. The molecule has 9 heteroatoms. The molecule has 1 aromatic carbocycles. The molecule has 0 aliphatic carbocycles. The van der Waals surface area contributed by atoms with E-state index in [4.69, 9.17) is 4.52 Å². The smallest absolute Gasteiger partial charge is 0.748 e. The van der Waals surface area contributed by atoms with E-state index in [1.54, 1.807) is 24.3 Å². The van der Waals surface area contributed by atoms with Gasteiger partial charge in [0.1, 0.15) is 15.9 Å². The van der Waals surface area contributed by atoms with Gasteiger partial charge in [0.15, 0.2) is 5.82 Å². The number of rotatable bonds is 3. The molecule has 2 aromatic rings. The summed E-state index contributed by atoms with van der Waals surface area (Å²) in [7, 11) is -4.40. The van der Waals surface area contributed by atoms with Gasteiger partial charge in [0, 0.05) is 10.0 Å². The van der Waals surface area contributed by atoms with Crippen LogP contribution in [-0.2, 0) is 15.9 Å². The van der Waals surface area contributed by atoms with Crippen LogP contribution >= 0.6 is 15.9 Å². The molecule has 0 spiro atoms. The van der Waals surface area contributed by atoms with Gasteiger partial charge in [-0.1, -0.05) is 21.1 Å². The van der Waals surface area contributed by atoms with Gasteiger partial charge in [-0.15, -0.1) is 0 Å². The first-order valence-electron chi connectivity index (χ1n) is 4.46. The van der Waals surface area contributed by atoms with Crippen LogP contribution in [0.4, 0.5) is 0 Å². The Kier molecular flexibility index (Phi) is 5.50. The van der Waals surface area contributed by atoms with Gasteiger partial charge in [-0.25, -0.2) is 8.42 Å². The molecule has 1 aromatic heterocycles. The topological polar surface area (TPSA) is 96.1 Å². The molecule has 0 N–H and O–H groups in total. The van der Waals surface area contributed by atoms with Crippen LogP contribution in [-0.4, -0.2) is 23.1 Å². The predicted octanol–water partition coefficient (Wildman–Crippen LogP) is -1.45. The summed E-state index contributed by atoms with van der Waals surface area (Å²) < 4.78 is 37.3. The van der Waals surface area contributed by atoms with Crippen molar-refractivity contribution in [1.82, 2.24) is 10.1 Å². The second kappa shape index (κ2) is 6.27. The number of hydrogen-bond donors (Lipinski definition) is 0. The van der Waals surface area contributed by atoms with Crippen molar-refractivity contribution in [3.63, 3.8) is 0 Å². The molecule has 0 fully saturated rings. The molecule has 0 unspecified atom stereocenters. The molecular formula is C9H6BrN2NaO4S. The maximum atomic E-state index is 10.5. The van der Waals surface area contributed by atoms with E-state index in [2.05, 4.69) is 26.1 Å². The predicted molar refractivity (Wildman–Crippen MR) is 60.8 cm³/mol.